The van der Waals surface area contributed by atoms with Gasteiger partial charge in [-0.25, -0.2) is 9.98 Å². The minimum atomic E-state index is 0.627. The van der Waals surface area contributed by atoms with Gasteiger partial charge in [-0.2, -0.15) is 0 Å². The van der Waals surface area contributed by atoms with Crippen LogP contribution in [0.1, 0.15) is 44.6 Å². The van der Waals surface area contributed by atoms with Gasteiger partial charge in [0, 0.05) is 37.9 Å². The number of likely N-dealkylation sites (tertiary alicyclic amines) is 1. The summed E-state index contributed by atoms with van der Waals surface area (Å²) in [5, 5.41) is 6.87. The van der Waals surface area contributed by atoms with Gasteiger partial charge in [0.25, 0.3) is 0 Å². The van der Waals surface area contributed by atoms with Crippen LogP contribution in [0.3, 0.4) is 0 Å². The van der Waals surface area contributed by atoms with Crippen LogP contribution < -0.4 is 15.5 Å². The van der Waals surface area contributed by atoms with Gasteiger partial charge in [0.2, 0.25) is 0 Å². The number of morpholine rings is 1. The molecule has 7 nitrogen and oxygen atoms in total. The molecule has 0 unspecified atom stereocenters. The number of aromatic nitrogens is 1. The maximum absolute atomic E-state index is 5.48. The molecule has 1 aromatic heterocycles. The Morgan fingerprint density at radius 2 is 1.90 bits per heavy atom. The van der Waals surface area contributed by atoms with Crippen LogP contribution in [0.2, 0.25) is 0 Å². The number of ether oxygens (including phenoxy) is 1. The van der Waals surface area contributed by atoms with E-state index >= 15 is 0 Å². The van der Waals surface area contributed by atoms with Gasteiger partial charge in [-0.15, -0.1) is 0 Å². The fourth-order valence-electron chi connectivity index (χ4n) is 3.99. The predicted molar refractivity (Wildman–Crippen MR) is 120 cm³/mol. The van der Waals surface area contributed by atoms with Crippen molar-refractivity contribution in [1.82, 2.24) is 20.5 Å². The van der Waals surface area contributed by atoms with Crippen LogP contribution >= 0.6 is 0 Å². The van der Waals surface area contributed by atoms with E-state index < -0.39 is 0 Å². The number of hydrogen-bond donors (Lipinski definition) is 2. The second-order valence-corrected chi connectivity index (χ2v) is 7.82. The molecule has 162 valence electrons. The van der Waals surface area contributed by atoms with Gasteiger partial charge in [-0.1, -0.05) is 18.9 Å². The minimum absolute atomic E-state index is 0.627. The molecule has 29 heavy (non-hydrogen) atoms. The second kappa shape index (κ2) is 12.6. The summed E-state index contributed by atoms with van der Waals surface area (Å²) in [6.45, 7) is 11.6. The average Bonchev–Trinajstić information content (AvgIpc) is 3.04. The Morgan fingerprint density at radius 3 is 2.66 bits per heavy atom. The van der Waals surface area contributed by atoms with Gasteiger partial charge in [-0.05, 0) is 51.9 Å². The molecule has 0 aromatic carbocycles. The van der Waals surface area contributed by atoms with Crippen molar-refractivity contribution in [2.24, 2.45) is 4.99 Å². The lowest BCUT2D eigenvalue weighted by Crippen LogP contribution is -2.39. The summed E-state index contributed by atoms with van der Waals surface area (Å²) in [4.78, 5) is 14.4. The van der Waals surface area contributed by atoms with Crippen molar-refractivity contribution in [3.63, 3.8) is 0 Å². The van der Waals surface area contributed by atoms with E-state index in [1.807, 2.05) is 12.3 Å². The van der Waals surface area contributed by atoms with Crippen LogP contribution in [-0.2, 0) is 11.3 Å². The van der Waals surface area contributed by atoms with Gasteiger partial charge in [0.15, 0.2) is 5.96 Å². The molecule has 3 heterocycles. The monoisotopic (exact) mass is 402 g/mol. The molecule has 2 aliphatic heterocycles. The Balaban J connectivity index is 1.50. The highest BCUT2D eigenvalue weighted by molar-refractivity contribution is 5.79. The van der Waals surface area contributed by atoms with Crippen LogP contribution in [0.4, 0.5) is 5.82 Å². The van der Waals surface area contributed by atoms with Crippen molar-refractivity contribution in [1.29, 1.82) is 0 Å². The van der Waals surface area contributed by atoms with E-state index in [2.05, 4.69) is 38.4 Å². The topological polar surface area (TPSA) is 65.0 Å². The molecule has 2 N–H and O–H groups in total. The molecule has 0 amide bonds. The number of anilines is 1. The summed E-state index contributed by atoms with van der Waals surface area (Å²) in [5.74, 6) is 1.93. The fraction of sp³-hybridized carbons (Fsp3) is 0.727. The summed E-state index contributed by atoms with van der Waals surface area (Å²) in [6, 6.07) is 4.13. The standard InChI is InChI=1S/C22H38N6O/c1-2-23-22(25-11-8-14-27-12-5-3-4-6-13-27)26-19-20-9-7-10-24-21(20)28-15-17-29-18-16-28/h7,9-10H,2-6,8,11-19H2,1H3,(H2,23,25,26). The van der Waals surface area contributed by atoms with E-state index in [1.54, 1.807) is 0 Å². The molecule has 0 radical (unpaired) electrons. The Bertz CT molecular complexity index is 609. The van der Waals surface area contributed by atoms with Crippen LogP contribution in [-0.4, -0.2) is 74.9 Å². The molecule has 0 spiro atoms. The lowest BCUT2D eigenvalue weighted by molar-refractivity contribution is 0.122. The third-order valence-corrected chi connectivity index (χ3v) is 5.57. The van der Waals surface area contributed by atoms with Crippen molar-refractivity contribution in [2.75, 3.05) is 63.9 Å². The first-order chi connectivity index (χ1) is 14.4. The van der Waals surface area contributed by atoms with Crippen molar-refractivity contribution in [3.05, 3.63) is 23.9 Å². The first-order valence-electron chi connectivity index (χ1n) is 11.4. The SMILES string of the molecule is CCNC(=NCc1cccnc1N1CCOCC1)NCCCN1CCCCCC1. The molecule has 2 aliphatic rings. The molecule has 0 aliphatic carbocycles. The minimum Gasteiger partial charge on any atom is -0.378 e. The number of nitrogens with one attached hydrogen (secondary N) is 2. The van der Waals surface area contributed by atoms with Gasteiger partial charge in [0.1, 0.15) is 5.82 Å². The summed E-state index contributed by atoms with van der Waals surface area (Å²) in [7, 11) is 0. The molecule has 0 atom stereocenters. The normalized spacial score (nSPS) is 19.1. The highest BCUT2D eigenvalue weighted by atomic mass is 16.5. The van der Waals surface area contributed by atoms with E-state index in [1.165, 1.54) is 45.3 Å². The zero-order valence-corrected chi connectivity index (χ0v) is 18.0. The van der Waals surface area contributed by atoms with Crippen molar-refractivity contribution >= 4 is 11.8 Å². The Labute approximate surface area is 175 Å². The summed E-state index contributed by atoms with van der Waals surface area (Å²) in [6.07, 6.45) is 8.52. The zero-order chi connectivity index (χ0) is 20.2. The van der Waals surface area contributed by atoms with Crippen LogP contribution in [0.5, 0.6) is 0 Å². The van der Waals surface area contributed by atoms with Crippen molar-refractivity contribution < 1.29 is 4.74 Å². The maximum atomic E-state index is 5.48. The predicted octanol–water partition coefficient (Wildman–Crippen LogP) is 2.24. The number of pyridine rings is 1. The van der Waals surface area contributed by atoms with E-state index in [0.717, 1.165) is 63.2 Å². The number of aliphatic imine (C=N–C) groups is 1. The second-order valence-electron chi connectivity index (χ2n) is 7.82. The Hall–Kier alpha value is -1.86. The summed E-state index contributed by atoms with van der Waals surface area (Å²) >= 11 is 0. The van der Waals surface area contributed by atoms with Gasteiger partial charge < -0.3 is 25.2 Å². The molecule has 0 saturated carbocycles. The highest BCUT2D eigenvalue weighted by Crippen LogP contribution is 2.19. The Kier molecular flexibility index (Phi) is 9.53. The molecule has 3 rings (SSSR count). The molecule has 2 saturated heterocycles. The zero-order valence-electron chi connectivity index (χ0n) is 18.0. The number of hydrogen-bond acceptors (Lipinski definition) is 5. The third-order valence-electron chi connectivity index (χ3n) is 5.57. The summed E-state index contributed by atoms with van der Waals surface area (Å²) < 4.78 is 5.48. The molecule has 7 heteroatoms. The lowest BCUT2D eigenvalue weighted by Gasteiger charge is -2.29. The molecular weight excluding hydrogens is 364 g/mol. The van der Waals surface area contributed by atoms with Crippen LogP contribution in [0.15, 0.2) is 23.3 Å². The number of nitrogens with zero attached hydrogens (tertiary/aromatic N) is 4. The lowest BCUT2D eigenvalue weighted by atomic mass is 10.2. The van der Waals surface area contributed by atoms with Gasteiger partial charge >= 0.3 is 0 Å². The largest absolute Gasteiger partial charge is 0.378 e. The van der Waals surface area contributed by atoms with Gasteiger partial charge in [-0.3, -0.25) is 0 Å². The van der Waals surface area contributed by atoms with Crippen LogP contribution in [0, 0.1) is 0 Å². The van der Waals surface area contributed by atoms with E-state index in [-0.39, 0.29) is 0 Å². The van der Waals surface area contributed by atoms with E-state index in [0.29, 0.717) is 6.54 Å². The first kappa shape index (κ1) is 21.8. The molecule has 1 aromatic rings. The first-order valence-corrected chi connectivity index (χ1v) is 11.4. The molecule has 0 bridgehead atoms. The maximum Gasteiger partial charge on any atom is 0.191 e. The van der Waals surface area contributed by atoms with Crippen LogP contribution in [0.25, 0.3) is 0 Å². The number of rotatable bonds is 8. The Morgan fingerprint density at radius 1 is 1.10 bits per heavy atom. The van der Waals surface area contributed by atoms with E-state index in [4.69, 9.17) is 9.73 Å². The third kappa shape index (κ3) is 7.48. The molecule has 2 fully saturated rings. The average molecular weight is 403 g/mol. The molecular formula is C22H38N6O. The highest BCUT2D eigenvalue weighted by Gasteiger charge is 2.15. The van der Waals surface area contributed by atoms with E-state index in [9.17, 15) is 0 Å². The van der Waals surface area contributed by atoms with Gasteiger partial charge in [0.05, 0.1) is 19.8 Å². The fourth-order valence-corrected chi connectivity index (χ4v) is 3.99. The quantitative estimate of drug-likeness (QED) is 0.395. The van der Waals surface area contributed by atoms with Crippen molar-refractivity contribution in [2.45, 2.75) is 45.6 Å². The smallest absolute Gasteiger partial charge is 0.191 e. The summed E-state index contributed by atoms with van der Waals surface area (Å²) in [5.41, 5.74) is 1.16. The number of guanidine groups is 1. The van der Waals surface area contributed by atoms with Crippen molar-refractivity contribution in [3.8, 4) is 0 Å².